The number of anilines is 1. The molecule has 3 nitrogen and oxygen atoms in total. The lowest BCUT2D eigenvalue weighted by molar-refractivity contribution is 0.303. The minimum absolute atomic E-state index is 0.774. The molecule has 0 fully saturated rings. The first kappa shape index (κ1) is 15.1. The molecule has 108 valence electrons. The Kier molecular flexibility index (Phi) is 5.62. The highest BCUT2D eigenvalue weighted by molar-refractivity contribution is 6.35. The molecule has 0 radical (unpaired) electrons. The highest BCUT2D eigenvalue weighted by Gasteiger charge is 2.04. The molecule has 0 aliphatic carbocycles. The lowest BCUT2D eigenvalue weighted by atomic mass is 10.1. The highest BCUT2D eigenvalue weighted by atomic mass is 35.5. The van der Waals surface area contributed by atoms with Crippen LogP contribution in [0.25, 0.3) is 10.8 Å². The normalized spacial score (nSPS) is 11.2. The average molecular weight is 292 g/mol. The van der Waals surface area contributed by atoms with Gasteiger partial charge in [0.2, 0.25) is 0 Å². The van der Waals surface area contributed by atoms with E-state index in [1.54, 1.807) is 6.20 Å². The van der Waals surface area contributed by atoms with Gasteiger partial charge in [-0.05, 0) is 38.2 Å². The predicted molar refractivity (Wildman–Crippen MR) is 87.6 cm³/mol. The molecule has 1 aromatic heterocycles. The van der Waals surface area contributed by atoms with E-state index in [2.05, 4.69) is 35.1 Å². The number of nitrogens with one attached hydrogen (secondary N) is 1. The summed E-state index contributed by atoms with van der Waals surface area (Å²) in [6.45, 7) is 8.66. The van der Waals surface area contributed by atoms with Gasteiger partial charge in [-0.15, -0.1) is 0 Å². The van der Waals surface area contributed by atoms with Gasteiger partial charge in [0.15, 0.2) is 0 Å². The first-order chi connectivity index (χ1) is 9.76. The Morgan fingerprint density at radius 3 is 2.70 bits per heavy atom. The minimum Gasteiger partial charge on any atom is -0.370 e. The van der Waals surface area contributed by atoms with E-state index < -0.39 is 0 Å². The SMILES string of the molecule is CCN(CC)CCCNc1nccc2c(Cl)cccc12. The zero-order valence-electron chi connectivity index (χ0n) is 12.2. The number of hydrogen-bond donors (Lipinski definition) is 1. The predicted octanol–water partition coefficient (Wildman–Crippen LogP) is 4.03. The van der Waals surface area contributed by atoms with Gasteiger partial charge in [0.1, 0.15) is 5.82 Å². The molecule has 1 aromatic carbocycles. The number of aromatic nitrogens is 1. The van der Waals surface area contributed by atoms with Crippen molar-refractivity contribution in [3.8, 4) is 0 Å². The van der Waals surface area contributed by atoms with Crippen molar-refractivity contribution in [1.82, 2.24) is 9.88 Å². The maximum atomic E-state index is 6.21. The molecular weight excluding hydrogens is 270 g/mol. The lowest BCUT2D eigenvalue weighted by Crippen LogP contribution is -2.25. The van der Waals surface area contributed by atoms with E-state index in [0.29, 0.717) is 0 Å². The summed E-state index contributed by atoms with van der Waals surface area (Å²) in [4.78, 5) is 6.85. The van der Waals surface area contributed by atoms with Gasteiger partial charge in [0, 0.05) is 28.5 Å². The van der Waals surface area contributed by atoms with Crippen molar-refractivity contribution >= 4 is 28.2 Å². The molecule has 1 heterocycles. The van der Waals surface area contributed by atoms with Crippen molar-refractivity contribution in [1.29, 1.82) is 0 Å². The van der Waals surface area contributed by atoms with Gasteiger partial charge < -0.3 is 10.2 Å². The second-order valence-corrected chi connectivity index (χ2v) is 5.21. The number of pyridine rings is 1. The van der Waals surface area contributed by atoms with Gasteiger partial charge in [-0.25, -0.2) is 4.98 Å². The van der Waals surface area contributed by atoms with E-state index in [1.807, 2.05) is 18.2 Å². The number of rotatable bonds is 7. The van der Waals surface area contributed by atoms with Gasteiger partial charge in [-0.3, -0.25) is 0 Å². The van der Waals surface area contributed by atoms with Crippen LogP contribution in [-0.2, 0) is 0 Å². The van der Waals surface area contributed by atoms with Crippen molar-refractivity contribution in [2.45, 2.75) is 20.3 Å². The van der Waals surface area contributed by atoms with Gasteiger partial charge in [0.05, 0.1) is 0 Å². The van der Waals surface area contributed by atoms with Crippen molar-refractivity contribution in [2.75, 3.05) is 31.5 Å². The van der Waals surface area contributed by atoms with Gasteiger partial charge >= 0.3 is 0 Å². The third-order valence-corrected chi connectivity index (χ3v) is 3.92. The van der Waals surface area contributed by atoms with Crippen molar-refractivity contribution < 1.29 is 0 Å². The van der Waals surface area contributed by atoms with Gasteiger partial charge in [-0.2, -0.15) is 0 Å². The lowest BCUT2D eigenvalue weighted by Gasteiger charge is -2.18. The number of halogens is 1. The smallest absolute Gasteiger partial charge is 0.133 e. The fourth-order valence-electron chi connectivity index (χ4n) is 2.36. The van der Waals surface area contributed by atoms with E-state index in [9.17, 15) is 0 Å². The second kappa shape index (κ2) is 7.46. The molecule has 2 rings (SSSR count). The van der Waals surface area contributed by atoms with E-state index in [4.69, 9.17) is 11.6 Å². The molecule has 0 saturated heterocycles. The Morgan fingerprint density at radius 1 is 1.15 bits per heavy atom. The minimum atomic E-state index is 0.774. The van der Waals surface area contributed by atoms with Crippen molar-refractivity contribution in [3.63, 3.8) is 0 Å². The zero-order chi connectivity index (χ0) is 14.4. The number of nitrogens with zero attached hydrogens (tertiary/aromatic N) is 2. The summed E-state index contributed by atoms with van der Waals surface area (Å²) in [7, 11) is 0. The molecule has 0 amide bonds. The van der Waals surface area contributed by atoms with Gasteiger partial charge in [0.25, 0.3) is 0 Å². The van der Waals surface area contributed by atoms with Crippen molar-refractivity contribution in [2.24, 2.45) is 0 Å². The highest BCUT2D eigenvalue weighted by Crippen LogP contribution is 2.27. The zero-order valence-corrected chi connectivity index (χ0v) is 13.0. The molecule has 20 heavy (non-hydrogen) atoms. The van der Waals surface area contributed by atoms with Gasteiger partial charge in [-0.1, -0.05) is 37.6 Å². The summed E-state index contributed by atoms with van der Waals surface area (Å²) < 4.78 is 0. The maximum absolute atomic E-state index is 6.21. The molecule has 0 aliphatic rings. The molecule has 0 atom stereocenters. The Morgan fingerprint density at radius 2 is 1.95 bits per heavy atom. The molecule has 0 bridgehead atoms. The molecule has 0 unspecified atom stereocenters. The van der Waals surface area contributed by atoms with Crippen LogP contribution in [0.5, 0.6) is 0 Å². The molecule has 0 spiro atoms. The average Bonchev–Trinajstić information content (AvgIpc) is 2.48. The summed E-state index contributed by atoms with van der Waals surface area (Å²) in [5, 5.41) is 6.33. The number of fused-ring (bicyclic) bond motifs is 1. The van der Waals surface area contributed by atoms with Crippen LogP contribution < -0.4 is 5.32 Å². The summed E-state index contributed by atoms with van der Waals surface area (Å²) in [6, 6.07) is 7.89. The second-order valence-electron chi connectivity index (χ2n) is 4.80. The molecule has 0 aliphatic heterocycles. The maximum Gasteiger partial charge on any atom is 0.133 e. The molecule has 4 heteroatoms. The molecular formula is C16H22ClN3. The van der Waals surface area contributed by atoms with E-state index in [0.717, 1.165) is 54.2 Å². The number of hydrogen-bond acceptors (Lipinski definition) is 3. The van der Waals surface area contributed by atoms with Crippen LogP contribution in [0.1, 0.15) is 20.3 Å². The Hall–Kier alpha value is -1.32. The van der Waals surface area contributed by atoms with Crippen molar-refractivity contribution in [3.05, 3.63) is 35.5 Å². The summed E-state index contributed by atoms with van der Waals surface area (Å²) in [6.07, 6.45) is 2.92. The Balaban J connectivity index is 1.98. The third-order valence-electron chi connectivity index (χ3n) is 3.59. The van der Waals surface area contributed by atoms with E-state index in [-0.39, 0.29) is 0 Å². The fraction of sp³-hybridized carbons (Fsp3) is 0.438. The molecule has 2 aromatic rings. The molecule has 1 N–H and O–H groups in total. The quantitative estimate of drug-likeness (QED) is 0.781. The summed E-state index contributed by atoms with van der Waals surface area (Å²) >= 11 is 6.21. The summed E-state index contributed by atoms with van der Waals surface area (Å²) in [5.74, 6) is 0.921. The molecule has 0 saturated carbocycles. The largest absolute Gasteiger partial charge is 0.370 e. The third kappa shape index (κ3) is 3.62. The van der Waals surface area contributed by atoms with E-state index >= 15 is 0 Å². The van der Waals surface area contributed by atoms with E-state index in [1.165, 1.54) is 0 Å². The van der Waals surface area contributed by atoms with Crippen LogP contribution in [0.3, 0.4) is 0 Å². The first-order valence-corrected chi connectivity index (χ1v) is 7.63. The van der Waals surface area contributed by atoms with Crippen LogP contribution in [0.2, 0.25) is 5.02 Å². The van der Waals surface area contributed by atoms with Crippen LogP contribution in [0, 0.1) is 0 Å². The monoisotopic (exact) mass is 291 g/mol. The van der Waals surface area contributed by atoms with Crippen LogP contribution in [0.4, 0.5) is 5.82 Å². The number of benzene rings is 1. The fourth-order valence-corrected chi connectivity index (χ4v) is 2.60. The Bertz CT molecular complexity index is 552. The van der Waals surface area contributed by atoms with Crippen LogP contribution in [0.15, 0.2) is 30.5 Å². The summed E-state index contributed by atoms with van der Waals surface area (Å²) in [5.41, 5.74) is 0. The van der Waals surface area contributed by atoms with Crippen LogP contribution >= 0.6 is 11.6 Å². The Labute approximate surface area is 126 Å². The van der Waals surface area contributed by atoms with Crippen LogP contribution in [-0.4, -0.2) is 36.1 Å². The first-order valence-electron chi connectivity index (χ1n) is 7.25. The standard InChI is InChI=1S/C16H22ClN3/c1-3-20(4-2)12-6-10-18-16-14-7-5-8-15(17)13(14)9-11-19-16/h5,7-9,11H,3-4,6,10,12H2,1-2H3,(H,18,19). The topological polar surface area (TPSA) is 28.2 Å².